The molecule has 68 valence electrons. The first-order valence-electron chi connectivity index (χ1n) is 4.47. The molecular formula is C8H16N4. The van der Waals surface area contributed by atoms with Crippen molar-refractivity contribution in [3.8, 4) is 0 Å². The predicted molar refractivity (Wildman–Crippen MR) is 48.8 cm³/mol. The number of hydrogen-bond donors (Lipinski definition) is 0. The standard InChI is InChI=1S/C8H16N4/c1-7(8-3-4-8)12(2)6-5-10-11-9/h7-8H,3-6H2,1-2H3. The van der Waals surface area contributed by atoms with Crippen molar-refractivity contribution in [1.82, 2.24) is 4.90 Å². The van der Waals surface area contributed by atoms with Crippen LogP contribution in [0, 0.1) is 5.92 Å². The number of likely N-dealkylation sites (N-methyl/N-ethyl adjacent to an activating group) is 1. The van der Waals surface area contributed by atoms with E-state index < -0.39 is 0 Å². The molecule has 0 radical (unpaired) electrons. The van der Waals surface area contributed by atoms with Crippen molar-refractivity contribution in [2.75, 3.05) is 20.1 Å². The molecule has 12 heavy (non-hydrogen) atoms. The van der Waals surface area contributed by atoms with E-state index >= 15 is 0 Å². The Morgan fingerprint density at radius 1 is 1.67 bits per heavy atom. The highest BCUT2D eigenvalue weighted by Crippen LogP contribution is 2.34. The molecule has 0 N–H and O–H groups in total. The maximum absolute atomic E-state index is 8.08. The SMILES string of the molecule is CC(C1CC1)N(C)CCN=[N+]=[N-]. The topological polar surface area (TPSA) is 52.0 Å². The van der Waals surface area contributed by atoms with Crippen molar-refractivity contribution in [2.45, 2.75) is 25.8 Å². The lowest BCUT2D eigenvalue weighted by atomic mass is 10.2. The van der Waals surface area contributed by atoms with Gasteiger partial charge in [-0.1, -0.05) is 5.11 Å². The molecule has 0 amide bonds. The lowest BCUT2D eigenvalue weighted by Crippen LogP contribution is -2.32. The first kappa shape index (κ1) is 9.36. The van der Waals surface area contributed by atoms with Gasteiger partial charge in [-0.2, -0.15) is 0 Å². The van der Waals surface area contributed by atoms with Gasteiger partial charge in [-0.25, -0.2) is 0 Å². The van der Waals surface area contributed by atoms with Gasteiger partial charge in [0.25, 0.3) is 0 Å². The first-order valence-corrected chi connectivity index (χ1v) is 4.47. The van der Waals surface area contributed by atoms with Crippen molar-refractivity contribution in [3.63, 3.8) is 0 Å². The Morgan fingerprint density at radius 2 is 2.33 bits per heavy atom. The van der Waals surface area contributed by atoms with Crippen molar-refractivity contribution >= 4 is 0 Å². The van der Waals surface area contributed by atoms with E-state index in [1.165, 1.54) is 12.8 Å². The van der Waals surface area contributed by atoms with Crippen LogP contribution in [-0.2, 0) is 0 Å². The second-order valence-electron chi connectivity index (χ2n) is 3.51. The average molecular weight is 168 g/mol. The monoisotopic (exact) mass is 168 g/mol. The number of nitrogens with zero attached hydrogens (tertiary/aromatic N) is 4. The van der Waals surface area contributed by atoms with Gasteiger partial charge in [0.15, 0.2) is 0 Å². The predicted octanol–water partition coefficient (Wildman–Crippen LogP) is 2.03. The molecule has 4 heteroatoms. The fraction of sp³-hybridized carbons (Fsp3) is 1.00. The summed E-state index contributed by atoms with van der Waals surface area (Å²) in [7, 11) is 2.09. The summed E-state index contributed by atoms with van der Waals surface area (Å²) in [5.41, 5.74) is 8.08. The average Bonchev–Trinajstić information content (AvgIpc) is 2.86. The minimum atomic E-state index is 0.587. The van der Waals surface area contributed by atoms with Gasteiger partial charge >= 0.3 is 0 Å². The molecule has 1 fully saturated rings. The summed E-state index contributed by atoms with van der Waals surface area (Å²) >= 11 is 0. The van der Waals surface area contributed by atoms with Crippen LogP contribution in [0.2, 0.25) is 0 Å². The summed E-state index contributed by atoms with van der Waals surface area (Å²) in [4.78, 5) is 5.00. The van der Waals surface area contributed by atoms with Crippen LogP contribution in [0.5, 0.6) is 0 Å². The van der Waals surface area contributed by atoms with Gasteiger partial charge in [-0.05, 0) is 38.3 Å². The molecule has 4 nitrogen and oxygen atoms in total. The molecule has 0 spiro atoms. The van der Waals surface area contributed by atoms with Crippen molar-refractivity contribution in [3.05, 3.63) is 10.4 Å². The molecule has 0 aromatic heterocycles. The zero-order valence-corrected chi connectivity index (χ0v) is 7.77. The van der Waals surface area contributed by atoms with Gasteiger partial charge < -0.3 is 4.90 Å². The Hall–Kier alpha value is -0.730. The first-order chi connectivity index (χ1) is 5.75. The Morgan fingerprint density at radius 3 is 2.83 bits per heavy atom. The van der Waals surface area contributed by atoms with E-state index in [9.17, 15) is 0 Å². The molecule has 0 saturated heterocycles. The summed E-state index contributed by atoms with van der Waals surface area (Å²) < 4.78 is 0. The van der Waals surface area contributed by atoms with Crippen LogP contribution in [0.1, 0.15) is 19.8 Å². The van der Waals surface area contributed by atoms with Crippen LogP contribution in [-0.4, -0.2) is 31.1 Å². The maximum atomic E-state index is 8.08. The summed E-state index contributed by atoms with van der Waals surface area (Å²) in [5, 5.41) is 3.51. The lowest BCUT2D eigenvalue weighted by Gasteiger charge is -2.23. The maximum Gasteiger partial charge on any atom is 0.0385 e. The highest BCUT2D eigenvalue weighted by Gasteiger charge is 2.29. The molecule has 0 bridgehead atoms. The van der Waals surface area contributed by atoms with Crippen LogP contribution in [0.4, 0.5) is 0 Å². The highest BCUT2D eigenvalue weighted by atomic mass is 15.2. The van der Waals surface area contributed by atoms with Crippen LogP contribution >= 0.6 is 0 Å². The van der Waals surface area contributed by atoms with Gasteiger partial charge in [0.05, 0.1) is 0 Å². The van der Waals surface area contributed by atoms with Gasteiger partial charge in [0, 0.05) is 24.0 Å². The minimum Gasteiger partial charge on any atom is -0.303 e. The summed E-state index contributed by atoms with van der Waals surface area (Å²) in [5.74, 6) is 0.890. The summed E-state index contributed by atoms with van der Waals surface area (Å²) in [6, 6.07) is 0.652. The summed E-state index contributed by atoms with van der Waals surface area (Å²) in [6.45, 7) is 3.71. The number of azide groups is 1. The number of hydrogen-bond acceptors (Lipinski definition) is 2. The third-order valence-electron chi connectivity index (χ3n) is 2.62. The molecule has 0 aromatic carbocycles. The Bertz CT molecular complexity index is 181. The second-order valence-corrected chi connectivity index (χ2v) is 3.51. The largest absolute Gasteiger partial charge is 0.303 e. The molecule has 1 rings (SSSR count). The third kappa shape index (κ3) is 2.72. The molecule has 1 aliphatic rings. The van der Waals surface area contributed by atoms with Crippen LogP contribution < -0.4 is 0 Å². The lowest BCUT2D eigenvalue weighted by molar-refractivity contribution is 0.241. The Kier molecular flexibility index (Phi) is 3.38. The molecule has 1 aliphatic carbocycles. The Labute approximate surface area is 73.2 Å². The fourth-order valence-electron chi connectivity index (χ4n) is 1.39. The van der Waals surface area contributed by atoms with Crippen molar-refractivity contribution in [1.29, 1.82) is 0 Å². The third-order valence-corrected chi connectivity index (χ3v) is 2.62. The van der Waals surface area contributed by atoms with E-state index in [2.05, 4.69) is 28.9 Å². The molecule has 0 aromatic rings. The van der Waals surface area contributed by atoms with Gasteiger partial charge in [0.2, 0.25) is 0 Å². The zero-order valence-electron chi connectivity index (χ0n) is 7.77. The quantitative estimate of drug-likeness (QED) is 0.352. The minimum absolute atomic E-state index is 0.587. The van der Waals surface area contributed by atoms with E-state index in [1.807, 2.05) is 0 Å². The van der Waals surface area contributed by atoms with E-state index in [0.29, 0.717) is 12.6 Å². The normalized spacial score (nSPS) is 18.9. The highest BCUT2D eigenvalue weighted by molar-refractivity contribution is 4.84. The smallest absolute Gasteiger partial charge is 0.0385 e. The van der Waals surface area contributed by atoms with Crippen LogP contribution in [0.3, 0.4) is 0 Å². The zero-order chi connectivity index (χ0) is 8.97. The molecule has 0 aliphatic heterocycles. The molecule has 1 saturated carbocycles. The van der Waals surface area contributed by atoms with Crippen LogP contribution in [0.15, 0.2) is 5.11 Å². The molecule has 1 unspecified atom stereocenters. The van der Waals surface area contributed by atoms with Gasteiger partial charge in [0.1, 0.15) is 0 Å². The van der Waals surface area contributed by atoms with E-state index in [1.54, 1.807) is 0 Å². The van der Waals surface area contributed by atoms with Gasteiger partial charge in [-0.3, -0.25) is 0 Å². The Balaban J connectivity index is 2.16. The summed E-state index contributed by atoms with van der Waals surface area (Å²) in [6.07, 6.45) is 2.74. The van der Waals surface area contributed by atoms with E-state index in [-0.39, 0.29) is 0 Å². The van der Waals surface area contributed by atoms with Crippen molar-refractivity contribution < 1.29 is 0 Å². The van der Waals surface area contributed by atoms with Crippen LogP contribution in [0.25, 0.3) is 10.4 Å². The second kappa shape index (κ2) is 4.33. The van der Waals surface area contributed by atoms with E-state index in [4.69, 9.17) is 5.53 Å². The van der Waals surface area contributed by atoms with E-state index in [0.717, 1.165) is 12.5 Å². The van der Waals surface area contributed by atoms with Gasteiger partial charge in [-0.15, -0.1) is 0 Å². The molecular weight excluding hydrogens is 152 g/mol. The molecule has 1 atom stereocenters. The van der Waals surface area contributed by atoms with Crippen molar-refractivity contribution in [2.24, 2.45) is 11.0 Å². The fourth-order valence-corrected chi connectivity index (χ4v) is 1.39. The number of rotatable bonds is 5. The molecule has 0 heterocycles.